The third-order valence-electron chi connectivity index (χ3n) is 5.07. The van der Waals surface area contributed by atoms with Crippen LogP contribution in [0.1, 0.15) is 43.6 Å². The molecule has 2 aromatic rings. The highest BCUT2D eigenvalue weighted by Gasteiger charge is 2.52. The van der Waals surface area contributed by atoms with Crippen molar-refractivity contribution in [1.82, 2.24) is 0 Å². The van der Waals surface area contributed by atoms with Crippen LogP contribution in [0, 0.1) is 6.92 Å². The number of benzene rings is 2. The summed E-state index contributed by atoms with van der Waals surface area (Å²) < 4.78 is 12.2. The number of carbonyl (C=O) groups excluding carboxylic acids is 1. The predicted octanol–water partition coefficient (Wildman–Crippen LogP) is 3.55. The van der Waals surface area contributed by atoms with Gasteiger partial charge in [0.1, 0.15) is 0 Å². The molecule has 4 nitrogen and oxygen atoms in total. The van der Waals surface area contributed by atoms with Crippen molar-refractivity contribution >= 4 is 24.2 Å². The van der Waals surface area contributed by atoms with Crippen molar-refractivity contribution in [2.24, 2.45) is 0 Å². The van der Waals surface area contributed by atoms with Gasteiger partial charge in [-0.2, -0.15) is 0 Å². The Bertz CT molecular complexity index is 771. The second-order valence-electron chi connectivity index (χ2n) is 7.48. The van der Waals surface area contributed by atoms with Crippen molar-refractivity contribution in [2.75, 3.05) is 5.32 Å². The van der Waals surface area contributed by atoms with Gasteiger partial charge in [-0.15, -0.1) is 0 Å². The highest BCUT2D eigenvalue weighted by molar-refractivity contribution is 6.62. The molecule has 0 bridgehead atoms. The van der Waals surface area contributed by atoms with E-state index in [9.17, 15) is 4.79 Å². The van der Waals surface area contributed by atoms with Crippen LogP contribution in [0.2, 0.25) is 0 Å². The van der Waals surface area contributed by atoms with E-state index in [-0.39, 0.29) is 17.1 Å². The molecule has 1 N–H and O–H groups in total. The fourth-order valence-electron chi connectivity index (χ4n) is 2.78. The van der Waals surface area contributed by atoms with Crippen LogP contribution in [0.3, 0.4) is 0 Å². The molecule has 5 heteroatoms. The maximum absolute atomic E-state index is 12.4. The molecule has 130 valence electrons. The number of carbonyl (C=O) groups is 1. The van der Waals surface area contributed by atoms with Gasteiger partial charge < -0.3 is 14.6 Å². The second kappa shape index (κ2) is 6.32. The second-order valence-corrected chi connectivity index (χ2v) is 7.48. The van der Waals surface area contributed by atoms with Crippen molar-refractivity contribution in [2.45, 2.75) is 45.8 Å². The summed E-state index contributed by atoms with van der Waals surface area (Å²) >= 11 is 0. The first kappa shape index (κ1) is 17.7. The topological polar surface area (TPSA) is 47.6 Å². The zero-order valence-electron chi connectivity index (χ0n) is 15.4. The van der Waals surface area contributed by atoms with Gasteiger partial charge in [0.2, 0.25) is 0 Å². The minimum atomic E-state index is -0.420. The van der Waals surface area contributed by atoms with E-state index in [2.05, 4.69) is 5.32 Å². The van der Waals surface area contributed by atoms with E-state index in [4.69, 9.17) is 9.31 Å². The van der Waals surface area contributed by atoms with Crippen LogP contribution in [0.4, 0.5) is 5.69 Å². The molecule has 0 aromatic heterocycles. The number of hydrogen-bond acceptors (Lipinski definition) is 3. The Balaban J connectivity index is 1.79. The molecule has 0 unspecified atom stereocenters. The van der Waals surface area contributed by atoms with Crippen LogP contribution in [-0.2, 0) is 9.31 Å². The summed E-state index contributed by atoms with van der Waals surface area (Å²) in [5, 5.41) is 2.90. The first-order valence-corrected chi connectivity index (χ1v) is 8.52. The van der Waals surface area contributed by atoms with E-state index >= 15 is 0 Å². The molecule has 1 aliphatic rings. The summed E-state index contributed by atoms with van der Waals surface area (Å²) in [5.74, 6) is -0.130. The predicted molar refractivity (Wildman–Crippen MR) is 101 cm³/mol. The first-order chi connectivity index (χ1) is 11.7. The maximum atomic E-state index is 12.4. The molecular formula is C20H24BNO3. The Labute approximate surface area is 149 Å². The molecule has 25 heavy (non-hydrogen) atoms. The molecular weight excluding hydrogens is 313 g/mol. The van der Waals surface area contributed by atoms with Crippen LogP contribution >= 0.6 is 0 Å². The molecule has 0 saturated carbocycles. The lowest BCUT2D eigenvalue weighted by atomic mass is 9.76. The molecule has 1 heterocycles. The maximum Gasteiger partial charge on any atom is 0.495 e. The lowest BCUT2D eigenvalue weighted by molar-refractivity contribution is 0.00578. The van der Waals surface area contributed by atoms with Gasteiger partial charge in [-0.05, 0) is 64.3 Å². The van der Waals surface area contributed by atoms with Gasteiger partial charge in [-0.1, -0.05) is 29.8 Å². The first-order valence-electron chi connectivity index (χ1n) is 8.52. The molecule has 3 rings (SSSR count). The molecule has 1 aliphatic heterocycles. The quantitative estimate of drug-likeness (QED) is 0.872. The van der Waals surface area contributed by atoms with Gasteiger partial charge >= 0.3 is 7.12 Å². The third-order valence-corrected chi connectivity index (χ3v) is 5.07. The summed E-state index contributed by atoms with van der Waals surface area (Å²) in [4.78, 5) is 12.4. The lowest BCUT2D eigenvalue weighted by Crippen LogP contribution is -2.41. The van der Waals surface area contributed by atoms with Gasteiger partial charge in [0, 0.05) is 11.3 Å². The van der Waals surface area contributed by atoms with Crippen LogP contribution in [-0.4, -0.2) is 24.2 Å². The average molecular weight is 337 g/mol. The zero-order valence-corrected chi connectivity index (χ0v) is 15.4. The molecule has 0 spiro atoms. The normalized spacial score (nSPS) is 18.2. The molecule has 2 aromatic carbocycles. The van der Waals surface area contributed by atoms with Crippen molar-refractivity contribution in [3.63, 3.8) is 0 Å². The SMILES string of the molecule is Cc1cc(C(=O)Nc2ccccc2)ccc1B1OC(C)(C)C(C)(C)O1. The Hall–Kier alpha value is -2.11. The Kier molecular flexibility index (Phi) is 4.48. The number of amides is 1. The van der Waals surface area contributed by atoms with Crippen molar-refractivity contribution < 1.29 is 14.1 Å². The summed E-state index contributed by atoms with van der Waals surface area (Å²) in [6.45, 7) is 10.1. The van der Waals surface area contributed by atoms with Gasteiger partial charge in [0.05, 0.1) is 11.2 Å². The molecule has 0 radical (unpaired) electrons. The fourth-order valence-corrected chi connectivity index (χ4v) is 2.78. The largest absolute Gasteiger partial charge is 0.495 e. The van der Waals surface area contributed by atoms with Crippen molar-refractivity contribution in [3.05, 3.63) is 59.7 Å². The molecule has 1 saturated heterocycles. The van der Waals surface area contributed by atoms with Gasteiger partial charge in [-0.25, -0.2) is 0 Å². The molecule has 1 fully saturated rings. The number of aryl methyl sites for hydroxylation is 1. The van der Waals surface area contributed by atoms with Gasteiger partial charge in [-0.3, -0.25) is 4.79 Å². The standard InChI is InChI=1S/C20H24BNO3/c1-14-13-15(18(23)22-16-9-7-6-8-10-16)11-12-17(14)21-24-19(2,3)20(4,5)25-21/h6-13H,1-5H3,(H,22,23). The van der Waals surface area contributed by atoms with E-state index in [0.29, 0.717) is 5.56 Å². The number of hydrogen-bond donors (Lipinski definition) is 1. The average Bonchev–Trinajstić information content (AvgIpc) is 2.76. The zero-order chi connectivity index (χ0) is 18.2. The van der Waals surface area contributed by atoms with Crippen LogP contribution in [0.5, 0.6) is 0 Å². The molecule has 1 amide bonds. The van der Waals surface area contributed by atoms with E-state index < -0.39 is 7.12 Å². The minimum Gasteiger partial charge on any atom is -0.399 e. The summed E-state index contributed by atoms with van der Waals surface area (Å²) in [6, 6.07) is 15.0. The number of para-hydroxylation sites is 1. The van der Waals surface area contributed by atoms with E-state index in [1.165, 1.54) is 0 Å². The van der Waals surface area contributed by atoms with E-state index in [1.807, 2.05) is 83.1 Å². The van der Waals surface area contributed by atoms with Crippen LogP contribution in [0.25, 0.3) is 0 Å². The van der Waals surface area contributed by atoms with Crippen LogP contribution in [0.15, 0.2) is 48.5 Å². The van der Waals surface area contributed by atoms with E-state index in [1.54, 1.807) is 0 Å². The Morgan fingerprint density at radius 3 is 2.12 bits per heavy atom. The number of rotatable bonds is 3. The van der Waals surface area contributed by atoms with Crippen molar-refractivity contribution in [3.8, 4) is 0 Å². The lowest BCUT2D eigenvalue weighted by Gasteiger charge is -2.32. The molecule has 0 atom stereocenters. The highest BCUT2D eigenvalue weighted by Crippen LogP contribution is 2.36. The van der Waals surface area contributed by atoms with Crippen LogP contribution < -0.4 is 10.8 Å². The third kappa shape index (κ3) is 3.48. The Morgan fingerprint density at radius 1 is 0.960 bits per heavy atom. The Morgan fingerprint density at radius 2 is 1.56 bits per heavy atom. The fraction of sp³-hybridized carbons (Fsp3) is 0.350. The van der Waals surface area contributed by atoms with Gasteiger partial charge in [0.15, 0.2) is 0 Å². The smallest absolute Gasteiger partial charge is 0.399 e. The monoisotopic (exact) mass is 337 g/mol. The summed E-state index contributed by atoms with van der Waals surface area (Å²) in [6.07, 6.45) is 0. The summed E-state index contributed by atoms with van der Waals surface area (Å²) in [7, 11) is -0.420. The minimum absolute atomic E-state index is 0.130. The highest BCUT2D eigenvalue weighted by atomic mass is 16.7. The van der Waals surface area contributed by atoms with E-state index in [0.717, 1.165) is 16.7 Å². The molecule has 0 aliphatic carbocycles. The summed E-state index contributed by atoms with van der Waals surface area (Å²) in [5.41, 5.74) is 2.55. The van der Waals surface area contributed by atoms with Gasteiger partial charge in [0.25, 0.3) is 5.91 Å². The number of anilines is 1. The van der Waals surface area contributed by atoms with Crippen molar-refractivity contribution in [1.29, 1.82) is 0 Å². The number of nitrogens with one attached hydrogen (secondary N) is 1.